The molecule has 3 rings (SSSR count). The molecule has 4 heteroatoms. The standard InChI is InChI=1S/C18H22FNO2/c19-16-8-6-15(7-9-16)18(21)17(14-4-2-1-3-5-14)20-10-12-22-13-11-20/h4,6-9,17H,1-3,5,10-13H2. The Kier molecular flexibility index (Phi) is 5.01. The SMILES string of the molecule is O=C(c1ccc(F)cc1)C(C1=CCCCC1)N1CCOCC1. The lowest BCUT2D eigenvalue weighted by Gasteiger charge is -2.36. The maximum absolute atomic E-state index is 13.1. The Balaban J connectivity index is 1.87. The lowest BCUT2D eigenvalue weighted by Crippen LogP contribution is -2.48. The fourth-order valence-corrected chi connectivity index (χ4v) is 3.29. The molecular weight excluding hydrogens is 281 g/mol. The van der Waals surface area contributed by atoms with Crippen LogP contribution in [0.25, 0.3) is 0 Å². The molecule has 0 radical (unpaired) electrons. The van der Waals surface area contributed by atoms with Gasteiger partial charge in [-0.2, -0.15) is 0 Å². The molecule has 0 saturated carbocycles. The van der Waals surface area contributed by atoms with E-state index in [9.17, 15) is 9.18 Å². The molecule has 1 aliphatic carbocycles. The van der Waals surface area contributed by atoms with E-state index in [1.807, 2.05) is 0 Å². The van der Waals surface area contributed by atoms with Gasteiger partial charge in [-0.1, -0.05) is 6.08 Å². The molecule has 1 unspecified atom stereocenters. The largest absolute Gasteiger partial charge is 0.379 e. The summed E-state index contributed by atoms with van der Waals surface area (Å²) in [5, 5.41) is 0. The summed E-state index contributed by atoms with van der Waals surface area (Å²) in [6.45, 7) is 2.88. The van der Waals surface area contributed by atoms with E-state index >= 15 is 0 Å². The maximum atomic E-state index is 13.1. The second-order valence-corrected chi connectivity index (χ2v) is 5.95. The van der Waals surface area contributed by atoms with Crippen LogP contribution < -0.4 is 0 Å². The first-order chi connectivity index (χ1) is 10.8. The Morgan fingerprint density at radius 3 is 2.50 bits per heavy atom. The van der Waals surface area contributed by atoms with E-state index < -0.39 is 0 Å². The van der Waals surface area contributed by atoms with Crippen molar-refractivity contribution in [2.45, 2.75) is 31.7 Å². The molecule has 0 amide bonds. The van der Waals surface area contributed by atoms with Gasteiger partial charge in [0.05, 0.1) is 19.3 Å². The van der Waals surface area contributed by atoms with Gasteiger partial charge in [0.2, 0.25) is 0 Å². The van der Waals surface area contributed by atoms with E-state index in [4.69, 9.17) is 4.74 Å². The van der Waals surface area contributed by atoms with Crippen LogP contribution in [0.2, 0.25) is 0 Å². The maximum Gasteiger partial charge on any atom is 0.184 e. The van der Waals surface area contributed by atoms with Crippen molar-refractivity contribution in [3.8, 4) is 0 Å². The number of carbonyl (C=O) groups excluding carboxylic acids is 1. The molecule has 0 N–H and O–H groups in total. The fourth-order valence-electron chi connectivity index (χ4n) is 3.29. The molecule has 0 bridgehead atoms. The fraction of sp³-hybridized carbons (Fsp3) is 0.500. The second-order valence-electron chi connectivity index (χ2n) is 5.95. The molecule has 2 aliphatic rings. The van der Waals surface area contributed by atoms with Crippen LogP contribution in [0.5, 0.6) is 0 Å². The summed E-state index contributed by atoms with van der Waals surface area (Å²) in [6.07, 6.45) is 6.60. The second kappa shape index (κ2) is 7.16. The average molecular weight is 303 g/mol. The third-order valence-corrected chi connectivity index (χ3v) is 4.47. The number of benzene rings is 1. The predicted octanol–water partition coefficient (Wildman–Crippen LogP) is 3.21. The van der Waals surface area contributed by atoms with E-state index in [0.29, 0.717) is 18.8 Å². The molecule has 1 fully saturated rings. The van der Waals surface area contributed by atoms with Crippen molar-refractivity contribution in [1.29, 1.82) is 0 Å². The number of carbonyl (C=O) groups is 1. The van der Waals surface area contributed by atoms with Crippen LogP contribution >= 0.6 is 0 Å². The summed E-state index contributed by atoms with van der Waals surface area (Å²) in [4.78, 5) is 15.2. The summed E-state index contributed by atoms with van der Waals surface area (Å²) in [7, 11) is 0. The minimum absolute atomic E-state index is 0.0788. The van der Waals surface area contributed by atoms with Gasteiger partial charge >= 0.3 is 0 Å². The number of rotatable bonds is 4. The first-order valence-electron chi connectivity index (χ1n) is 8.06. The van der Waals surface area contributed by atoms with Gasteiger partial charge in [0.1, 0.15) is 5.82 Å². The van der Waals surface area contributed by atoms with E-state index in [1.165, 1.54) is 24.1 Å². The molecule has 1 aromatic rings. The van der Waals surface area contributed by atoms with Gasteiger partial charge in [-0.3, -0.25) is 9.69 Å². The first kappa shape index (κ1) is 15.4. The molecule has 0 aromatic heterocycles. The Bertz CT molecular complexity index is 547. The van der Waals surface area contributed by atoms with Crippen molar-refractivity contribution in [3.63, 3.8) is 0 Å². The number of hydrogen-bond acceptors (Lipinski definition) is 3. The van der Waals surface area contributed by atoms with Crippen LogP contribution in [0.4, 0.5) is 4.39 Å². The van der Waals surface area contributed by atoms with Crippen molar-refractivity contribution >= 4 is 5.78 Å². The number of allylic oxidation sites excluding steroid dienone is 1. The van der Waals surface area contributed by atoms with E-state index in [2.05, 4.69) is 11.0 Å². The van der Waals surface area contributed by atoms with E-state index in [-0.39, 0.29) is 17.6 Å². The van der Waals surface area contributed by atoms with Crippen LogP contribution in [0.3, 0.4) is 0 Å². The van der Waals surface area contributed by atoms with Crippen molar-refractivity contribution in [3.05, 3.63) is 47.3 Å². The Hall–Kier alpha value is -1.52. The number of halogens is 1. The molecular formula is C18H22FNO2. The lowest BCUT2D eigenvalue weighted by atomic mass is 9.88. The molecule has 22 heavy (non-hydrogen) atoms. The minimum atomic E-state index is -0.309. The van der Waals surface area contributed by atoms with Crippen LogP contribution in [-0.4, -0.2) is 43.0 Å². The summed E-state index contributed by atoms with van der Waals surface area (Å²) < 4.78 is 18.5. The van der Waals surface area contributed by atoms with Gasteiger partial charge in [-0.25, -0.2) is 4.39 Å². The molecule has 1 heterocycles. The molecule has 3 nitrogen and oxygen atoms in total. The smallest absolute Gasteiger partial charge is 0.184 e. The van der Waals surface area contributed by atoms with E-state index in [0.717, 1.165) is 32.4 Å². The number of ketones is 1. The Morgan fingerprint density at radius 1 is 1.14 bits per heavy atom. The van der Waals surface area contributed by atoms with Gasteiger partial charge in [0, 0.05) is 18.7 Å². The molecule has 1 aliphatic heterocycles. The third kappa shape index (κ3) is 3.45. The number of nitrogens with zero attached hydrogens (tertiary/aromatic N) is 1. The van der Waals surface area contributed by atoms with Crippen molar-refractivity contribution in [2.24, 2.45) is 0 Å². The summed E-state index contributed by atoms with van der Waals surface area (Å²) in [5.74, 6) is -0.230. The highest BCUT2D eigenvalue weighted by Crippen LogP contribution is 2.26. The Morgan fingerprint density at radius 2 is 1.86 bits per heavy atom. The summed E-state index contributed by atoms with van der Waals surface area (Å²) in [5.41, 5.74) is 1.81. The van der Waals surface area contributed by atoms with Gasteiger partial charge in [0.25, 0.3) is 0 Å². The first-order valence-corrected chi connectivity index (χ1v) is 8.06. The van der Waals surface area contributed by atoms with Crippen LogP contribution in [0, 0.1) is 5.82 Å². The highest BCUT2D eigenvalue weighted by Gasteiger charge is 2.31. The van der Waals surface area contributed by atoms with Crippen LogP contribution in [0.1, 0.15) is 36.0 Å². The molecule has 1 aromatic carbocycles. The van der Waals surface area contributed by atoms with Gasteiger partial charge < -0.3 is 4.74 Å². The number of Topliss-reactive ketones (excluding diaryl/α,β-unsaturated/α-hetero) is 1. The Labute approximate surface area is 130 Å². The monoisotopic (exact) mass is 303 g/mol. The van der Waals surface area contributed by atoms with Crippen molar-refractivity contribution < 1.29 is 13.9 Å². The molecule has 1 saturated heterocycles. The van der Waals surface area contributed by atoms with Crippen LogP contribution in [0.15, 0.2) is 35.9 Å². The topological polar surface area (TPSA) is 29.5 Å². The predicted molar refractivity (Wildman–Crippen MR) is 83.5 cm³/mol. The number of hydrogen-bond donors (Lipinski definition) is 0. The quantitative estimate of drug-likeness (QED) is 0.632. The summed E-state index contributed by atoms with van der Waals surface area (Å²) >= 11 is 0. The van der Waals surface area contributed by atoms with Crippen molar-refractivity contribution in [2.75, 3.05) is 26.3 Å². The summed E-state index contributed by atoms with van der Waals surface area (Å²) in [6, 6.07) is 5.69. The number of ether oxygens (including phenoxy) is 1. The molecule has 0 spiro atoms. The molecule has 118 valence electrons. The minimum Gasteiger partial charge on any atom is -0.379 e. The van der Waals surface area contributed by atoms with Gasteiger partial charge in [0.15, 0.2) is 5.78 Å². The third-order valence-electron chi connectivity index (χ3n) is 4.47. The van der Waals surface area contributed by atoms with Gasteiger partial charge in [-0.15, -0.1) is 0 Å². The lowest BCUT2D eigenvalue weighted by molar-refractivity contribution is 0.0230. The zero-order valence-electron chi connectivity index (χ0n) is 12.8. The highest BCUT2D eigenvalue weighted by molar-refractivity contribution is 6.02. The van der Waals surface area contributed by atoms with Gasteiger partial charge in [-0.05, 0) is 55.5 Å². The molecule has 1 atom stereocenters. The highest BCUT2D eigenvalue weighted by atomic mass is 19.1. The van der Waals surface area contributed by atoms with Crippen LogP contribution in [-0.2, 0) is 4.74 Å². The average Bonchev–Trinajstić information content (AvgIpc) is 2.57. The zero-order chi connectivity index (χ0) is 15.4. The zero-order valence-corrected chi connectivity index (χ0v) is 12.8. The van der Waals surface area contributed by atoms with Crippen molar-refractivity contribution in [1.82, 2.24) is 4.90 Å². The number of morpholine rings is 1. The van der Waals surface area contributed by atoms with E-state index in [1.54, 1.807) is 12.1 Å². The normalized spacial score (nSPS) is 21.2.